The van der Waals surface area contributed by atoms with Crippen LogP contribution in [0.25, 0.3) is 0 Å². The molecule has 2 aromatic carbocycles. The molecule has 2 aromatic rings. The van der Waals surface area contributed by atoms with Gasteiger partial charge in [0.15, 0.2) is 0 Å². The van der Waals surface area contributed by atoms with Crippen LogP contribution in [0.3, 0.4) is 0 Å². The first-order valence-corrected chi connectivity index (χ1v) is 9.81. The summed E-state index contributed by atoms with van der Waals surface area (Å²) in [6, 6.07) is 11.0. The van der Waals surface area contributed by atoms with Crippen LogP contribution in [0, 0.1) is 11.3 Å². The van der Waals surface area contributed by atoms with Crippen LogP contribution in [0.5, 0.6) is 0 Å². The number of amides is 4. The standard InChI is InChI=1S/C20H15Cl3N4O3/c1-11(28)26-10-18(29)25(2)20(30)27(26)14-7-16(22)19(17(23)8-14)15(9-24)12-3-5-13(21)6-4-12/h3-8,15H,10H2,1-2H3. The van der Waals surface area contributed by atoms with Gasteiger partial charge in [-0.25, -0.2) is 9.80 Å². The van der Waals surface area contributed by atoms with Crippen molar-refractivity contribution in [2.75, 3.05) is 18.6 Å². The lowest BCUT2D eigenvalue weighted by molar-refractivity contribution is -0.140. The summed E-state index contributed by atoms with van der Waals surface area (Å²) < 4.78 is 0. The fraction of sp³-hybridized carbons (Fsp3) is 0.200. The second-order valence-corrected chi connectivity index (χ2v) is 7.81. The third kappa shape index (κ3) is 3.94. The lowest BCUT2D eigenvalue weighted by Crippen LogP contribution is -2.62. The van der Waals surface area contributed by atoms with Gasteiger partial charge in [-0.2, -0.15) is 10.3 Å². The molecule has 1 saturated heterocycles. The van der Waals surface area contributed by atoms with E-state index in [1.54, 1.807) is 24.3 Å². The normalized spacial score (nSPS) is 15.3. The average Bonchev–Trinajstić information content (AvgIpc) is 2.69. The van der Waals surface area contributed by atoms with E-state index in [0.29, 0.717) is 16.1 Å². The van der Waals surface area contributed by atoms with Gasteiger partial charge >= 0.3 is 6.03 Å². The molecule has 7 nitrogen and oxygen atoms in total. The number of hydrogen-bond acceptors (Lipinski definition) is 4. The van der Waals surface area contributed by atoms with E-state index in [4.69, 9.17) is 34.8 Å². The van der Waals surface area contributed by atoms with Crippen molar-refractivity contribution in [1.29, 1.82) is 5.26 Å². The molecule has 4 amide bonds. The first-order valence-electron chi connectivity index (χ1n) is 8.68. The summed E-state index contributed by atoms with van der Waals surface area (Å²) in [4.78, 5) is 37.6. The number of carbonyl (C=O) groups excluding carboxylic acids is 3. The Morgan fingerprint density at radius 1 is 1.10 bits per heavy atom. The number of anilines is 1. The van der Waals surface area contributed by atoms with Crippen LogP contribution in [-0.2, 0) is 9.59 Å². The summed E-state index contributed by atoms with van der Waals surface area (Å²) in [7, 11) is 1.32. The lowest BCUT2D eigenvalue weighted by atomic mass is 9.92. The van der Waals surface area contributed by atoms with E-state index in [-0.39, 0.29) is 22.3 Å². The summed E-state index contributed by atoms with van der Waals surface area (Å²) in [5.74, 6) is -1.80. The SMILES string of the molecule is CC(=O)N1CC(=O)N(C)C(=O)N1c1cc(Cl)c(C(C#N)c2ccc(Cl)cc2)c(Cl)c1. The molecule has 0 spiro atoms. The Bertz CT molecular complexity index is 1060. The van der Waals surface area contributed by atoms with Gasteiger partial charge in [-0.3, -0.25) is 14.5 Å². The molecule has 1 atom stereocenters. The van der Waals surface area contributed by atoms with Gasteiger partial charge < -0.3 is 0 Å². The molecular formula is C20H15Cl3N4O3. The van der Waals surface area contributed by atoms with Crippen molar-refractivity contribution in [3.8, 4) is 6.07 Å². The third-order valence-corrected chi connectivity index (χ3v) is 5.54. The largest absolute Gasteiger partial charge is 0.350 e. The summed E-state index contributed by atoms with van der Waals surface area (Å²) in [5.41, 5.74) is 1.19. The van der Waals surface area contributed by atoms with Crippen molar-refractivity contribution < 1.29 is 14.4 Å². The molecule has 1 unspecified atom stereocenters. The van der Waals surface area contributed by atoms with Gasteiger partial charge in [0.05, 0.1) is 17.7 Å². The van der Waals surface area contributed by atoms with Crippen LogP contribution in [0.1, 0.15) is 24.0 Å². The van der Waals surface area contributed by atoms with Gasteiger partial charge in [0, 0.05) is 34.6 Å². The zero-order valence-corrected chi connectivity index (χ0v) is 18.2. The number of rotatable bonds is 3. The molecule has 0 bridgehead atoms. The molecule has 10 heteroatoms. The highest BCUT2D eigenvalue weighted by Crippen LogP contribution is 2.39. The number of hydrogen-bond donors (Lipinski definition) is 0. The van der Waals surface area contributed by atoms with E-state index >= 15 is 0 Å². The maximum Gasteiger partial charge on any atom is 0.350 e. The minimum absolute atomic E-state index is 0.134. The van der Waals surface area contributed by atoms with Crippen LogP contribution in [-0.4, -0.2) is 41.3 Å². The molecule has 154 valence electrons. The number of nitriles is 1. The Labute approximate surface area is 187 Å². The van der Waals surface area contributed by atoms with E-state index in [0.717, 1.165) is 14.9 Å². The van der Waals surface area contributed by atoms with Gasteiger partial charge in [-0.1, -0.05) is 46.9 Å². The highest BCUT2D eigenvalue weighted by molar-refractivity contribution is 6.37. The van der Waals surface area contributed by atoms with Gasteiger partial charge in [0.1, 0.15) is 6.54 Å². The third-order valence-electron chi connectivity index (χ3n) is 4.66. The van der Waals surface area contributed by atoms with E-state index in [1.165, 1.54) is 26.1 Å². The molecule has 1 fully saturated rings. The number of nitrogens with zero attached hydrogens (tertiary/aromatic N) is 4. The Hall–Kier alpha value is -2.79. The van der Waals surface area contributed by atoms with E-state index < -0.39 is 23.8 Å². The predicted molar refractivity (Wildman–Crippen MR) is 113 cm³/mol. The number of benzene rings is 2. The van der Waals surface area contributed by atoms with E-state index in [2.05, 4.69) is 6.07 Å². The second kappa shape index (κ2) is 8.52. The van der Waals surface area contributed by atoms with Gasteiger partial charge in [-0.15, -0.1) is 0 Å². The summed E-state index contributed by atoms with van der Waals surface area (Å²) in [6.45, 7) is 0.933. The fourth-order valence-corrected chi connectivity index (χ4v) is 3.91. The molecule has 0 aliphatic carbocycles. The van der Waals surface area contributed by atoms with Crippen LogP contribution >= 0.6 is 34.8 Å². The highest BCUT2D eigenvalue weighted by atomic mass is 35.5. The Balaban J connectivity index is 2.08. The smallest absolute Gasteiger partial charge is 0.273 e. The maximum absolute atomic E-state index is 12.7. The molecule has 1 heterocycles. The van der Waals surface area contributed by atoms with Crippen molar-refractivity contribution in [2.45, 2.75) is 12.8 Å². The van der Waals surface area contributed by atoms with E-state index in [9.17, 15) is 19.6 Å². The van der Waals surface area contributed by atoms with Crippen molar-refractivity contribution in [1.82, 2.24) is 9.91 Å². The first-order chi connectivity index (χ1) is 14.1. The minimum Gasteiger partial charge on any atom is -0.273 e. The quantitative estimate of drug-likeness (QED) is 0.670. The topological polar surface area (TPSA) is 84.7 Å². The molecule has 3 rings (SSSR count). The maximum atomic E-state index is 12.7. The number of likely N-dealkylation sites (N-methyl/N-ethyl adjacent to an activating group) is 1. The van der Waals surface area contributed by atoms with Gasteiger partial charge in [0.2, 0.25) is 5.91 Å². The minimum atomic E-state index is -0.776. The van der Waals surface area contributed by atoms with Gasteiger partial charge in [0.25, 0.3) is 5.91 Å². The Morgan fingerprint density at radius 2 is 1.67 bits per heavy atom. The molecule has 1 aliphatic rings. The predicted octanol–water partition coefficient (Wildman–Crippen LogP) is 4.46. The Morgan fingerprint density at radius 3 is 2.17 bits per heavy atom. The first kappa shape index (κ1) is 21.9. The summed E-state index contributed by atoms with van der Waals surface area (Å²) in [5, 5.41) is 12.6. The van der Waals surface area contributed by atoms with Crippen molar-refractivity contribution in [2.24, 2.45) is 0 Å². The number of hydrazine groups is 1. The van der Waals surface area contributed by atoms with Crippen molar-refractivity contribution in [3.63, 3.8) is 0 Å². The molecule has 1 aliphatic heterocycles. The van der Waals surface area contributed by atoms with Crippen LogP contribution in [0.2, 0.25) is 15.1 Å². The molecule has 0 aromatic heterocycles. The number of urea groups is 1. The molecule has 0 saturated carbocycles. The van der Waals surface area contributed by atoms with E-state index in [1.807, 2.05) is 0 Å². The number of imide groups is 1. The summed E-state index contributed by atoms with van der Waals surface area (Å²) in [6.07, 6.45) is 0. The number of carbonyl (C=O) groups is 3. The summed E-state index contributed by atoms with van der Waals surface area (Å²) >= 11 is 18.8. The zero-order chi connectivity index (χ0) is 22.2. The van der Waals surface area contributed by atoms with Crippen molar-refractivity contribution in [3.05, 3.63) is 62.6 Å². The average molecular weight is 466 g/mol. The highest BCUT2D eigenvalue weighted by Gasteiger charge is 2.38. The molecular weight excluding hydrogens is 451 g/mol. The molecule has 0 radical (unpaired) electrons. The molecule has 0 N–H and O–H groups in total. The lowest BCUT2D eigenvalue weighted by Gasteiger charge is -2.40. The monoisotopic (exact) mass is 464 g/mol. The van der Waals surface area contributed by atoms with Gasteiger partial charge in [-0.05, 0) is 29.8 Å². The number of halogens is 3. The second-order valence-electron chi connectivity index (χ2n) is 6.56. The van der Waals surface area contributed by atoms with Crippen LogP contribution < -0.4 is 5.01 Å². The van der Waals surface area contributed by atoms with Crippen LogP contribution in [0.15, 0.2) is 36.4 Å². The zero-order valence-electron chi connectivity index (χ0n) is 15.9. The Kier molecular flexibility index (Phi) is 6.22. The molecule has 30 heavy (non-hydrogen) atoms. The fourth-order valence-electron chi connectivity index (χ4n) is 3.09. The van der Waals surface area contributed by atoms with Crippen LogP contribution in [0.4, 0.5) is 10.5 Å². The van der Waals surface area contributed by atoms with Crippen molar-refractivity contribution >= 4 is 58.3 Å².